The van der Waals surface area contributed by atoms with Gasteiger partial charge in [0.2, 0.25) is 0 Å². The van der Waals surface area contributed by atoms with E-state index in [4.69, 9.17) is 4.74 Å². The number of carbonyl (C=O) groups is 1. The van der Waals surface area contributed by atoms with Gasteiger partial charge in [-0.3, -0.25) is 0 Å². The average molecular weight is 293 g/mol. The van der Waals surface area contributed by atoms with Gasteiger partial charge in [0, 0.05) is 44.7 Å². The number of aryl methyl sites for hydroxylation is 1. The van der Waals surface area contributed by atoms with Crippen LogP contribution in [0.4, 0.5) is 16.2 Å². The molecule has 0 saturated heterocycles. The molecule has 0 spiro atoms. The Morgan fingerprint density at radius 2 is 2.00 bits per heavy atom. The van der Waals surface area contributed by atoms with E-state index in [-0.39, 0.29) is 6.03 Å². The monoisotopic (exact) mass is 293 g/mol. The van der Waals surface area contributed by atoms with Crippen molar-refractivity contribution in [3.63, 3.8) is 0 Å². The maximum atomic E-state index is 11.8. The number of ether oxygens (including phenoxy) is 1. The van der Waals surface area contributed by atoms with E-state index in [1.165, 1.54) is 5.69 Å². The maximum absolute atomic E-state index is 11.8. The van der Waals surface area contributed by atoms with Crippen molar-refractivity contribution in [3.05, 3.63) is 23.8 Å². The molecule has 0 saturated carbocycles. The van der Waals surface area contributed by atoms with Crippen molar-refractivity contribution in [2.24, 2.45) is 0 Å². The van der Waals surface area contributed by atoms with Gasteiger partial charge in [-0.2, -0.15) is 0 Å². The number of carbonyl (C=O) groups excluding carboxylic acids is 1. The van der Waals surface area contributed by atoms with Crippen molar-refractivity contribution < 1.29 is 9.53 Å². The highest BCUT2D eigenvalue weighted by atomic mass is 16.5. The predicted octanol–water partition coefficient (Wildman–Crippen LogP) is 3.00. The van der Waals surface area contributed by atoms with Crippen molar-refractivity contribution in [2.45, 2.75) is 27.2 Å². The molecule has 0 atom stereocenters. The normalized spacial score (nSPS) is 10.3. The van der Waals surface area contributed by atoms with Gasteiger partial charge in [-0.15, -0.1) is 0 Å². The summed E-state index contributed by atoms with van der Waals surface area (Å²) in [5.41, 5.74) is 3.09. The highest BCUT2D eigenvalue weighted by molar-refractivity contribution is 5.90. The van der Waals surface area contributed by atoms with Crippen LogP contribution in [0.1, 0.15) is 25.8 Å². The third-order valence-corrected chi connectivity index (χ3v) is 3.40. The minimum atomic E-state index is -0.176. The number of amides is 2. The molecular formula is C16H27N3O2. The Kier molecular flexibility index (Phi) is 7.61. The SMILES string of the molecule is CCN(CC)c1ccc(NC(=O)NCCCOC)c(C)c1. The van der Waals surface area contributed by atoms with Crippen molar-refractivity contribution in [1.29, 1.82) is 0 Å². The Labute approximate surface area is 127 Å². The van der Waals surface area contributed by atoms with Crippen molar-refractivity contribution >= 4 is 17.4 Å². The van der Waals surface area contributed by atoms with Crippen molar-refractivity contribution in [2.75, 3.05) is 43.6 Å². The summed E-state index contributed by atoms with van der Waals surface area (Å²) in [6, 6.07) is 5.93. The quantitative estimate of drug-likeness (QED) is 0.724. The third kappa shape index (κ3) is 5.63. The fraction of sp³-hybridized carbons (Fsp3) is 0.562. The van der Waals surface area contributed by atoms with Crippen LogP contribution in [0.15, 0.2) is 18.2 Å². The lowest BCUT2D eigenvalue weighted by Crippen LogP contribution is -2.30. The number of rotatable bonds is 8. The summed E-state index contributed by atoms with van der Waals surface area (Å²) in [5, 5.41) is 5.69. The Hall–Kier alpha value is -1.75. The van der Waals surface area contributed by atoms with Crippen LogP contribution in [0.25, 0.3) is 0 Å². The summed E-state index contributed by atoms with van der Waals surface area (Å²) in [6.45, 7) is 9.49. The molecule has 0 radical (unpaired) electrons. The molecule has 1 rings (SSSR count). The van der Waals surface area contributed by atoms with Crippen molar-refractivity contribution in [3.8, 4) is 0 Å². The molecule has 0 aliphatic rings. The first-order chi connectivity index (χ1) is 10.1. The van der Waals surface area contributed by atoms with E-state index in [0.717, 1.165) is 30.8 Å². The smallest absolute Gasteiger partial charge is 0.319 e. The number of urea groups is 1. The molecule has 5 nitrogen and oxygen atoms in total. The predicted molar refractivity (Wildman–Crippen MR) is 88.3 cm³/mol. The molecule has 1 aromatic carbocycles. The number of benzene rings is 1. The van der Waals surface area contributed by atoms with Crippen LogP contribution in [0.5, 0.6) is 0 Å². The minimum Gasteiger partial charge on any atom is -0.385 e. The van der Waals surface area contributed by atoms with Gasteiger partial charge in [-0.25, -0.2) is 4.79 Å². The zero-order valence-corrected chi connectivity index (χ0v) is 13.5. The molecule has 0 aliphatic carbocycles. The van der Waals surface area contributed by atoms with Crippen LogP contribution in [0.2, 0.25) is 0 Å². The van der Waals surface area contributed by atoms with Gasteiger partial charge in [-0.05, 0) is 51.0 Å². The van der Waals surface area contributed by atoms with Gasteiger partial charge in [0.15, 0.2) is 0 Å². The molecule has 118 valence electrons. The van der Waals surface area contributed by atoms with Gasteiger partial charge >= 0.3 is 6.03 Å². The zero-order chi connectivity index (χ0) is 15.7. The third-order valence-electron chi connectivity index (χ3n) is 3.40. The van der Waals surface area contributed by atoms with Gasteiger partial charge in [0.1, 0.15) is 0 Å². The molecule has 5 heteroatoms. The van der Waals surface area contributed by atoms with E-state index in [1.807, 2.05) is 19.1 Å². The lowest BCUT2D eigenvalue weighted by atomic mass is 10.1. The largest absolute Gasteiger partial charge is 0.385 e. The molecule has 0 unspecified atom stereocenters. The summed E-state index contributed by atoms with van der Waals surface area (Å²) in [4.78, 5) is 14.1. The summed E-state index contributed by atoms with van der Waals surface area (Å²) >= 11 is 0. The molecule has 2 N–H and O–H groups in total. The Bertz CT molecular complexity index is 445. The Morgan fingerprint density at radius 3 is 2.57 bits per heavy atom. The van der Waals surface area contributed by atoms with E-state index in [0.29, 0.717) is 13.2 Å². The highest BCUT2D eigenvalue weighted by Crippen LogP contribution is 2.22. The van der Waals surface area contributed by atoms with Gasteiger partial charge in [0.25, 0.3) is 0 Å². The molecular weight excluding hydrogens is 266 g/mol. The van der Waals surface area contributed by atoms with Gasteiger partial charge in [-0.1, -0.05) is 0 Å². The highest BCUT2D eigenvalue weighted by Gasteiger charge is 2.07. The Morgan fingerprint density at radius 1 is 1.29 bits per heavy atom. The van der Waals surface area contributed by atoms with E-state index in [2.05, 4.69) is 35.4 Å². The number of nitrogens with zero attached hydrogens (tertiary/aromatic N) is 1. The number of nitrogens with one attached hydrogen (secondary N) is 2. The van der Waals surface area contributed by atoms with E-state index in [9.17, 15) is 4.79 Å². The number of hydrogen-bond donors (Lipinski definition) is 2. The lowest BCUT2D eigenvalue weighted by Gasteiger charge is -2.22. The van der Waals surface area contributed by atoms with Crippen LogP contribution < -0.4 is 15.5 Å². The number of hydrogen-bond acceptors (Lipinski definition) is 3. The van der Waals surface area contributed by atoms with Gasteiger partial charge < -0.3 is 20.3 Å². The van der Waals surface area contributed by atoms with Crippen LogP contribution in [0.3, 0.4) is 0 Å². The first-order valence-electron chi connectivity index (χ1n) is 7.51. The summed E-state index contributed by atoms with van der Waals surface area (Å²) < 4.78 is 4.94. The molecule has 21 heavy (non-hydrogen) atoms. The van der Waals surface area contributed by atoms with Crippen LogP contribution >= 0.6 is 0 Å². The summed E-state index contributed by atoms with van der Waals surface area (Å²) in [5.74, 6) is 0. The molecule has 0 heterocycles. The first kappa shape index (κ1) is 17.3. The molecule has 2 amide bonds. The average Bonchev–Trinajstić information content (AvgIpc) is 2.47. The number of methoxy groups -OCH3 is 1. The zero-order valence-electron chi connectivity index (χ0n) is 13.5. The summed E-state index contributed by atoms with van der Waals surface area (Å²) in [7, 11) is 1.65. The van der Waals surface area contributed by atoms with Crippen LogP contribution in [-0.4, -0.2) is 39.4 Å². The van der Waals surface area contributed by atoms with Crippen LogP contribution in [-0.2, 0) is 4.74 Å². The fourth-order valence-electron chi connectivity index (χ4n) is 2.16. The minimum absolute atomic E-state index is 0.176. The first-order valence-corrected chi connectivity index (χ1v) is 7.51. The fourth-order valence-corrected chi connectivity index (χ4v) is 2.16. The van der Waals surface area contributed by atoms with Gasteiger partial charge in [0.05, 0.1) is 0 Å². The second-order valence-corrected chi connectivity index (χ2v) is 4.90. The number of anilines is 2. The van der Waals surface area contributed by atoms with Crippen LogP contribution in [0, 0.1) is 6.92 Å². The topological polar surface area (TPSA) is 53.6 Å². The second-order valence-electron chi connectivity index (χ2n) is 4.90. The lowest BCUT2D eigenvalue weighted by molar-refractivity contribution is 0.194. The van der Waals surface area contributed by atoms with E-state index >= 15 is 0 Å². The molecule has 0 fully saturated rings. The standard InChI is InChI=1S/C16H27N3O2/c1-5-19(6-2)14-8-9-15(13(3)12-14)18-16(20)17-10-7-11-21-4/h8-9,12H,5-7,10-11H2,1-4H3,(H2,17,18,20). The van der Waals surface area contributed by atoms with E-state index < -0.39 is 0 Å². The molecule has 0 bridgehead atoms. The van der Waals surface area contributed by atoms with Crippen molar-refractivity contribution in [1.82, 2.24) is 5.32 Å². The summed E-state index contributed by atoms with van der Waals surface area (Å²) in [6.07, 6.45) is 0.809. The molecule has 1 aromatic rings. The molecule has 0 aromatic heterocycles. The maximum Gasteiger partial charge on any atom is 0.319 e. The Balaban J connectivity index is 2.58. The van der Waals surface area contributed by atoms with E-state index in [1.54, 1.807) is 7.11 Å². The second kappa shape index (κ2) is 9.23. The molecule has 0 aliphatic heterocycles.